The van der Waals surface area contributed by atoms with E-state index in [2.05, 4.69) is 0 Å². The van der Waals surface area contributed by atoms with Crippen LogP contribution in [-0.2, 0) is 4.79 Å². The SMILES string of the molecule is CN(CCCC(=O)O)C(=O)c1ccccc1C=O. The average molecular weight is 249 g/mol. The topological polar surface area (TPSA) is 74.7 Å². The third-order valence-electron chi connectivity index (χ3n) is 2.55. The van der Waals surface area contributed by atoms with Crippen LogP contribution in [0.2, 0.25) is 0 Å². The number of aldehydes is 1. The number of nitrogens with zero attached hydrogens (tertiary/aromatic N) is 1. The number of rotatable bonds is 6. The van der Waals surface area contributed by atoms with Crippen molar-refractivity contribution in [1.29, 1.82) is 0 Å². The minimum atomic E-state index is -0.885. The van der Waals surface area contributed by atoms with Gasteiger partial charge in [-0.3, -0.25) is 14.4 Å². The molecule has 0 saturated carbocycles. The first-order valence-corrected chi connectivity index (χ1v) is 5.57. The van der Waals surface area contributed by atoms with E-state index < -0.39 is 5.97 Å². The molecule has 1 N–H and O–H groups in total. The summed E-state index contributed by atoms with van der Waals surface area (Å²) in [6.07, 6.45) is 1.05. The molecule has 0 bridgehead atoms. The zero-order valence-electron chi connectivity index (χ0n) is 10.1. The number of hydrogen-bond donors (Lipinski definition) is 1. The molecule has 0 fully saturated rings. The fourth-order valence-electron chi connectivity index (χ4n) is 1.57. The molecule has 1 aromatic rings. The van der Waals surface area contributed by atoms with Gasteiger partial charge in [0.05, 0.1) is 5.56 Å². The summed E-state index contributed by atoms with van der Waals surface area (Å²) >= 11 is 0. The van der Waals surface area contributed by atoms with E-state index in [0.717, 1.165) is 0 Å². The van der Waals surface area contributed by atoms with Crippen LogP contribution in [0.1, 0.15) is 33.6 Å². The standard InChI is InChI=1S/C13H15NO4/c1-14(8-4-7-12(16)17)13(18)11-6-3-2-5-10(11)9-15/h2-3,5-6,9H,4,7-8H2,1H3,(H,16,17). The van der Waals surface area contributed by atoms with Crippen molar-refractivity contribution in [3.8, 4) is 0 Å². The molecule has 0 radical (unpaired) electrons. The Morgan fingerprint density at radius 1 is 1.33 bits per heavy atom. The molecule has 1 aromatic carbocycles. The van der Waals surface area contributed by atoms with Gasteiger partial charge in [0, 0.05) is 25.6 Å². The van der Waals surface area contributed by atoms with Crippen LogP contribution in [0.15, 0.2) is 24.3 Å². The molecule has 5 nitrogen and oxygen atoms in total. The smallest absolute Gasteiger partial charge is 0.303 e. The Labute approximate surface area is 105 Å². The van der Waals surface area contributed by atoms with Gasteiger partial charge < -0.3 is 10.0 Å². The van der Waals surface area contributed by atoms with Gasteiger partial charge in [0.25, 0.3) is 5.91 Å². The summed E-state index contributed by atoms with van der Waals surface area (Å²) in [6, 6.07) is 6.53. The van der Waals surface area contributed by atoms with Crippen LogP contribution >= 0.6 is 0 Å². The maximum Gasteiger partial charge on any atom is 0.303 e. The van der Waals surface area contributed by atoms with E-state index in [1.165, 1.54) is 4.90 Å². The molecule has 0 aromatic heterocycles. The summed E-state index contributed by atoms with van der Waals surface area (Å²) in [5, 5.41) is 8.51. The van der Waals surface area contributed by atoms with Gasteiger partial charge in [0.1, 0.15) is 0 Å². The monoisotopic (exact) mass is 249 g/mol. The van der Waals surface area contributed by atoms with E-state index in [1.807, 2.05) is 0 Å². The summed E-state index contributed by atoms with van der Waals surface area (Å²) in [4.78, 5) is 34.6. The molecular weight excluding hydrogens is 234 g/mol. The normalized spacial score (nSPS) is 9.83. The van der Waals surface area contributed by atoms with Crippen LogP contribution in [0.3, 0.4) is 0 Å². The van der Waals surface area contributed by atoms with Gasteiger partial charge in [0.2, 0.25) is 0 Å². The van der Waals surface area contributed by atoms with Crippen LogP contribution in [-0.4, -0.2) is 41.8 Å². The molecular formula is C13H15NO4. The summed E-state index contributed by atoms with van der Waals surface area (Å²) < 4.78 is 0. The van der Waals surface area contributed by atoms with Crippen LogP contribution in [0.4, 0.5) is 0 Å². The fourth-order valence-corrected chi connectivity index (χ4v) is 1.57. The Morgan fingerprint density at radius 3 is 2.61 bits per heavy atom. The Morgan fingerprint density at radius 2 is 2.00 bits per heavy atom. The van der Waals surface area contributed by atoms with Crippen molar-refractivity contribution in [3.05, 3.63) is 35.4 Å². The van der Waals surface area contributed by atoms with Gasteiger partial charge >= 0.3 is 5.97 Å². The largest absolute Gasteiger partial charge is 0.481 e. The van der Waals surface area contributed by atoms with Gasteiger partial charge in [-0.1, -0.05) is 18.2 Å². The molecule has 0 unspecified atom stereocenters. The van der Waals surface area contributed by atoms with Crippen molar-refractivity contribution in [2.24, 2.45) is 0 Å². The Balaban J connectivity index is 2.68. The molecule has 1 rings (SSSR count). The quantitative estimate of drug-likeness (QED) is 0.774. The van der Waals surface area contributed by atoms with Crippen LogP contribution in [0.5, 0.6) is 0 Å². The zero-order chi connectivity index (χ0) is 13.5. The van der Waals surface area contributed by atoms with Gasteiger partial charge in [-0.15, -0.1) is 0 Å². The molecule has 0 saturated heterocycles. The maximum absolute atomic E-state index is 12.0. The number of carboxylic acids is 1. The predicted octanol–water partition coefficient (Wildman–Crippen LogP) is 1.44. The van der Waals surface area contributed by atoms with E-state index in [9.17, 15) is 14.4 Å². The van der Waals surface area contributed by atoms with Crippen molar-refractivity contribution in [1.82, 2.24) is 4.90 Å². The van der Waals surface area contributed by atoms with E-state index in [4.69, 9.17) is 5.11 Å². The van der Waals surface area contributed by atoms with E-state index in [-0.39, 0.29) is 12.3 Å². The second-order valence-electron chi connectivity index (χ2n) is 3.93. The molecule has 18 heavy (non-hydrogen) atoms. The molecule has 0 spiro atoms. The predicted molar refractivity (Wildman–Crippen MR) is 65.7 cm³/mol. The number of amides is 1. The average Bonchev–Trinajstić information content (AvgIpc) is 2.37. The molecule has 5 heteroatoms. The number of carbonyl (C=O) groups is 3. The number of carboxylic acid groups (broad SMARTS) is 1. The van der Waals surface area contributed by atoms with Gasteiger partial charge in [-0.25, -0.2) is 0 Å². The molecule has 96 valence electrons. The van der Waals surface area contributed by atoms with Crippen LogP contribution in [0, 0.1) is 0 Å². The highest BCUT2D eigenvalue weighted by Gasteiger charge is 2.14. The van der Waals surface area contributed by atoms with Gasteiger partial charge in [0.15, 0.2) is 6.29 Å². The minimum absolute atomic E-state index is 0.0208. The first-order valence-electron chi connectivity index (χ1n) is 5.57. The third kappa shape index (κ3) is 3.69. The number of hydrogen-bond acceptors (Lipinski definition) is 3. The summed E-state index contributed by atoms with van der Waals surface area (Å²) in [7, 11) is 1.59. The first-order chi connectivity index (χ1) is 8.56. The minimum Gasteiger partial charge on any atom is -0.481 e. The lowest BCUT2D eigenvalue weighted by Crippen LogP contribution is -2.28. The highest BCUT2D eigenvalue weighted by molar-refractivity contribution is 6.01. The molecule has 0 aliphatic heterocycles. The summed E-state index contributed by atoms with van der Waals surface area (Å²) in [5.74, 6) is -1.16. The van der Waals surface area contributed by atoms with E-state index in [0.29, 0.717) is 30.4 Å². The third-order valence-corrected chi connectivity index (χ3v) is 2.55. The maximum atomic E-state index is 12.0. The number of carbonyl (C=O) groups excluding carboxylic acids is 2. The van der Waals surface area contributed by atoms with Crippen molar-refractivity contribution in [2.45, 2.75) is 12.8 Å². The van der Waals surface area contributed by atoms with Crippen molar-refractivity contribution >= 4 is 18.2 Å². The molecule has 0 aliphatic rings. The second kappa shape index (κ2) is 6.54. The Kier molecular flexibility index (Phi) is 5.05. The van der Waals surface area contributed by atoms with E-state index >= 15 is 0 Å². The van der Waals surface area contributed by atoms with Gasteiger partial charge in [-0.2, -0.15) is 0 Å². The fraction of sp³-hybridized carbons (Fsp3) is 0.308. The molecule has 0 heterocycles. The van der Waals surface area contributed by atoms with Crippen molar-refractivity contribution in [3.63, 3.8) is 0 Å². The number of benzene rings is 1. The molecule has 0 aliphatic carbocycles. The second-order valence-corrected chi connectivity index (χ2v) is 3.93. The lowest BCUT2D eigenvalue weighted by atomic mass is 10.1. The Bertz CT molecular complexity index is 456. The molecule has 1 amide bonds. The van der Waals surface area contributed by atoms with Crippen molar-refractivity contribution in [2.75, 3.05) is 13.6 Å². The number of aliphatic carboxylic acids is 1. The molecule has 0 atom stereocenters. The van der Waals surface area contributed by atoms with Crippen molar-refractivity contribution < 1.29 is 19.5 Å². The highest BCUT2D eigenvalue weighted by atomic mass is 16.4. The first kappa shape index (κ1) is 13.9. The van der Waals surface area contributed by atoms with Crippen LogP contribution < -0.4 is 0 Å². The summed E-state index contributed by atoms with van der Waals surface area (Å²) in [5.41, 5.74) is 0.679. The summed E-state index contributed by atoms with van der Waals surface area (Å²) in [6.45, 7) is 0.346. The zero-order valence-corrected chi connectivity index (χ0v) is 10.1. The Hall–Kier alpha value is -2.17. The van der Waals surface area contributed by atoms with E-state index in [1.54, 1.807) is 31.3 Å². The lowest BCUT2D eigenvalue weighted by Gasteiger charge is -2.17. The van der Waals surface area contributed by atoms with Crippen LogP contribution in [0.25, 0.3) is 0 Å². The highest BCUT2D eigenvalue weighted by Crippen LogP contribution is 2.09. The lowest BCUT2D eigenvalue weighted by molar-refractivity contribution is -0.137. The van der Waals surface area contributed by atoms with Gasteiger partial charge in [-0.05, 0) is 12.5 Å².